The van der Waals surface area contributed by atoms with Crippen LogP contribution in [-0.2, 0) is 9.47 Å². The molecule has 0 aliphatic carbocycles. The molecule has 0 rings (SSSR count). The minimum absolute atomic E-state index is 0.161. The number of rotatable bonds is 40. The molecule has 0 amide bonds. The van der Waals surface area contributed by atoms with Gasteiger partial charge in [-0.15, -0.1) is 0 Å². The van der Waals surface area contributed by atoms with Crippen molar-refractivity contribution in [1.82, 2.24) is 0 Å². The quantitative estimate of drug-likeness (QED) is 0.0381. The molecule has 3 atom stereocenters. The van der Waals surface area contributed by atoms with Crippen LogP contribution in [0.1, 0.15) is 228 Å². The lowest BCUT2D eigenvalue weighted by molar-refractivity contribution is -0.887. The van der Waals surface area contributed by atoms with Gasteiger partial charge in [-0.2, -0.15) is 0 Å². The fourth-order valence-corrected chi connectivity index (χ4v) is 6.77. The second-order valence-electron chi connectivity index (χ2n) is 16.7. The van der Waals surface area contributed by atoms with Crippen LogP contribution in [0.3, 0.4) is 0 Å². The SMILES string of the molecule is CC.CC.CCCCCCCC/C=C\CCCCCCCCOC(C[NH+](C)CC)C(C[N+](C)(C)C)OCCCCCCCC/C=C\CCCCCCCC. The zero-order valence-electron chi connectivity index (χ0n) is 39.6. The van der Waals surface area contributed by atoms with E-state index in [0.717, 1.165) is 37.3 Å². The number of quaternary nitrogens is 2. The number of ether oxygens (including phenoxy) is 2. The summed E-state index contributed by atoms with van der Waals surface area (Å²) in [4.78, 5) is 1.53. The zero-order chi connectivity index (χ0) is 40.8. The van der Waals surface area contributed by atoms with Crippen molar-refractivity contribution >= 4 is 0 Å². The Morgan fingerprint density at radius 1 is 0.426 bits per heavy atom. The van der Waals surface area contributed by atoms with Gasteiger partial charge in [-0.05, 0) is 71.1 Å². The van der Waals surface area contributed by atoms with E-state index in [0.29, 0.717) is 0 Å². The summed E-state index contributed by atoms with van der Waals surface area (Å²) < 4.78 is 14.2. The minimum Gasteiger partial charge on any atom is -0.369 e. The number of nitrogens with one attached hydrogen (secondary N) is 1. The first-order valence-corrected chi connectivity index (χ1v) is 24.5. The number of nitrogens with zero attached hydrogens (tertiary/aromatic N) is 1. The normalized spacial score (nSPS) is 13.5. The summed E-state index contributed by atoms with van der Waals surface area (Å²) in [6.45, 7) is 19.8. The van der Waals surface area contributed by atoms with E-state index in [9.17, 15) is 0 Å². The molecule has 0 aliphatic heterocycles. The van der Waals surface area contributed by atoms with Crippen molar-refractivity contribution in [3.8, 4) is 0 Å². The lowest BCUT2D eigenvalue weighted by atomic mass is 10.1. The highest BCUT2D eigenvalue weighted by atomic mass is 16.5. The standard InChI is InChI=1S/C46H93N2O2.2C2H6/c1-8-11-13-15-17-19-21-23-25-27-29-31-33-35-37-39-41-49-45(43-47(4)10-3)46(44-48(5,6)7)50-42-40-38-36-34-32-30-28-26-24-22-20-18-16-14-12-9-2;2*1-2/h23-26,45-46H,8-22,27-44H2,1-7H3;2*1-2H3/q+1;;/p+1/b25-23-,26-24-;;. The van der Waals surface area contributed by atoms with Crippen molar-refractivity contribution in [2.45, 2.75) is 240 Å². The third-order valence-corrected chi connectivity index (χ3v) is 10.3. The molecule has 0 aromatic heterocycles. The molecule has 0 aliphatic rings. The van der Waals surface area contributed by atoms with Crippen LogP contribution >= 0.6 is 0 Å². The maximum absolute atomic E-state index is 6.66. The van der Waals surface area contributed by atoms with Gasteiger partial charge in [0, 0.05) is 13.2 Å². The first kappa shape index (κ1) is 57.6. The van der Waals surface area contributed by atoms with Crippen molar-refractivity contribution in [3.63, 3.8) is 0 Å². The van der Waals surface area contributed by atoms with Crippen molar-refractivity contribution in [3.05, 3.63) is 24.3 Å². The summed E-state index contributed by atoms with van der Waals surface area (Å²) in [5.74, 6) is 0. The maximum atomic E-state index is 6.66. The van der Waals surface area contributed by atoms with Gasteiger partial charge < -0.3 is 18.9 Å². The summed E-state index contributed by atoms with van der Waals surface area (Å²) >= 11 is 0. The van der Waals surface area contributed by atoms with Gasteiger partial charge in [-0.25, -0.2) is 0 Å². The second-order valence-corrected chi connectivity index (χ2v) is 16.7. The monoisotopic (exact) mass is 767 g/mol. The predicted molar refractivity (Wildman–Crippen MR) is 246 cm³/mol. The topological polar surface area (TPSA) is 22.9 Å². The van der Waals surface area contributed by atoms with Crippen LogP contribution in [0.4, 0.5) is 0 Å². The third kappa shape index (κ3) is 47.5. The molecule has 4 heteroatoms. The van der Waals surface area contributed by atoms with Crippen LogP contribution in [0, 0.1) is 0 Å². The van der Waals surface area contributed by atoms with E-state index in [4.69, 9.17) is 9.47 Å². The first-order chi connectivity index (χ1) is 26.3. The van der Waals surface area contributed by atoms with E-state index in [1.807, 2.05) is 27.7 Å². The third-order valence-electron chi connectivity index (χ3n) is 10.3. The second kappa shape index (κ2) is 48.5. The number of hydrogen-bond donors (Lipinski definition) is 1. The van der Waals surface area contributed by atoms with Gasteiger partial charge in [0.2, 0.25) is 0 Å². The van der Waals surface area contributed by atoms with Gasteiger partial charge in [-0.1, -0.05) is 181 Å². The molecule has 0 radical (unpaired) electrons. The highest BCUT2D eigenvalue weighted by molar-refractivity contribution is 4.82. The molecule has 4 nitrogen and oxygen atoms in total. The summed E-state index contributed by atoms with van der Waals surface area (Å²) in [5, 5.41) is 0. The fraction of sp³-hybridized carbons (Fsp3) is 0.920. The molecule has 0 saturated carbocycles. The zero-order valence-corrected chi connectivity index (χ0v) is 39.6. The van der Waals surface area contributed by atoms with Crippen LogP contribution in [0.5, 0.6) is 0 Å². The summed E-state index contributed by atoms with van der Waals surface area (Å²) in [5.41, 5.74) is 0. The Kier molecular flexibility index (Phi) is 51.7. The molecule has 3 unspecified atom stereocenters. The van der Waals surface area contributed by atoms with Crippen LogP contribution < -0.4 is 4.90 Å². The predicted octanol–water partition coefficient (Wildman–Crippen LogP) is 14.1. The molecule has 1 N–H and O–H groups in total. The molecule has 0 fully saturated rings. The molecule has 0 aromatic carbocycles. The van der Waals surface area contributed by atoms with Crippen molar-refractivity contribution in [2.24, 2.45) is 0 Å². The van der Waals surface area contributed by atoms with Crippen molar-refractivity contribution in [1.29, 1.82) is 0 Å². The van der Waals surface area contributed by atoms with Gasteiger partial charge in [0.15, 0.2) is 0 Å². The molecule has 326 valence electrons. The van der Waals surface area contributed by atoms with E-state index in [1.54, 1.807) is 0 Å². The van der Waals surface area contributed by atoms with Crippen molar-refractivity contribution < 1.29 is 18.9 Å². The number of likely N-dealkylation sites (N-methyl/N-ethyl adjacent to an activating group) is 2. The molecule has 0 saturated heterocycles. The van der Waals surface area contributed by atoms with Gasteiger partial charge in [-0.3, -0.25) is 0 Å². The van der Waals surface area contributed by atoms with Crippen molar-refractivity contribution in [2.75, 3.05) is 61.0 Å². The highest BCUT2D eigenvalue weighted by Crippen LogP contribution is 2.15. The van der Waals surface area contributed by atoms with E-state index >= 15 is 0 Å². The summed E-state index contributed by atoms with van der Waals surface area (Å²) in [7, 11) is 9.17. The maximum Gasteiger partial charge on any atom is 0.138 e. The fourth-order valence-electron chi connectivity index (χ4n) is 6.77. The largest absolute Gasteiger partial charge is 0.369 e. The Hall–Kier alpha value is -0.680. The van der Waals surface area contributed by atoms with Crippen LogP contribution in [0.15, 0.2) is 24.3 Å². The van der Waals surface area contributed by atoms with E-state index in [-0.39, 0.29) is 12.2 Å². The molecule has 0 bridgehead atoms. The average molecular weight is 767 g/mol. The van der Waals surface area contributed by atoms with Gasteiger partial charge in [0.05, 0.1) is 34.7 Å². The number of allylic oxidation sites excluding steroid dienone is 4. The molecule has 0 spiro atoms. The molecule has 0 aromatic rings. The van der Waals surface area contributed by atoms with Crippen LogP contribution in [-0.4, -0.2) is 77.7 Å². The lowest BCUT2D eigenvalue weighted by Crippen LogP contribution is -3.10. The van der Waals surface area contributed by atoms with E-state index < -0.39 is 0 Å². The molecule has 0 heterocycles. The Bertz CT molecular complexity index is 716. The number of hydrogen-bond acceptors (Lipinski definition) is 2. The Morgan fingerprint density at radius 3 is 1.04 bits per heavy atom. The Balaban J connectivity index is -0.00000627. The Labute approximate surface area is 343 Å². The van der Waals surface area contributed by atoms with Crippen LogP contribution in [0.25, 0.3) is 0 Å². The van der Waals surface area contributed by atoms with E-state index in [2.05, 4.69) is 73.3 Å². The highest BCUT2D eigenvalue weighted by Gasteiger charge is 2.31. The Morgan fingerprint density at radius 2 is 0.722 bits per heavy atom. The molecule has 54 heavy (non-hydrogen) atoms. The van der Waals surface area contributed by atoms with Gasteiger partial charge >= 0.3 is 0 Å². The average Bonchev–Trinajstić information content (AvgIpc) is 3.17. The first-order valence-electron chi connectivity index (χ1n) is 24.5. The van der Waals surface area contributed by atoms with E-state index in [1.165, 1.54) is 185 Å². The molecular formula is C50H106N2O2+2. The van der Waals surface area contributed by atoms with Crippen LogP contribution in [0.2, 0.25) is 0 Å². The number of unbranched alkanes of at least 4 members (excludes halogenated alkanes) is 24. The lowest BCUT2D eigenvalue weighted by Gasteiger charge is -2.34. The summed E-state index contributed by atoms with van der Waals surface area (Å²) in [6.07, 6.45) is 47.6. The molecular weight excluding hydrogens is 661 g/mol. The smallest absolute Gasteiger partial charge is 0.138 e. The summed E-state index contributed by atoms with van der Waals surface area (Å²) in [6, 6.07) is 0. The van der Waals surface area contributed by atoms with Gasteiger partial charge in [0.1, 0.15) is 25.3 Å². The minimum atomic E-state index is 0.161. The van der Waals surface area contributed by atoms with Gasteiger partial charge in [0.25, 0.3) is 0 Å².